The summed E-state index contributed by atoms with van der Waals surface area (Å²) in [7, 11) is 0. The molecule has 0 aliphatic rings. The summed E-state index contributed by atoms with van der Waals surface area (Å²) in [4.78, 5) is 20.8. The van der Waals surface area contributed by atoms with Gasteiger partial charge in [-0.2, -0.15) is 0 Å². The number of aromatic nitrogens is 2. The highest BCUT2D eigenvalue weighted by Crippen LogP contribution is 2.23. The Hall–Kier alpha value is -2.60. The van der Waals surface area contributed by atoms with Crippen molar-refractivity contribution in [2.75, 3.05) is 6.26 Å². The maximum absolute atomic E-state index is 12.3. The molecule has 0 radical (unpaired) electrons. The Kier molecular flexibility index (Phi) is 4.96. The average Bonchev–Trinajstić information content (AvgIpc) is 3.01. The average molecular weight is 340 g/mol. The van der Waals surface area contributed by atoms with E-state index in [4.69, 9.17) is 9.15 Å². The normalized spacial score (nSPS) is 10.6. The van der Waals surface area contributed by atoms with E-state index in [1.54, 1.807) is 25.3 Å². The van der Waals surface area contributed by atoms with E-state index in [-0.39, 0.29) is 6.61 Å². The Morgan fingerprint density at radius 1 is 1.21 bits per heavy atom. The largest absolute Gasteiger partial charge is 0.455 e. The number of ether oxygens (including phenoxy) is 1. The number of aryl methyl sites for hydroxylation is 1. The Bertz CT molecular complexity index is 846. The lowest BCUT2D eigenvalue weighted by molar-refractivity contribution is 0.0462. The summed E-state index contributed by atoms with van der Waals surface area (Å²) < 4.78 is 11.0. The summed E-state index contributed by atoms with van der Waals surface area (Å²) in [5.41, 5.74) is 1.95. The van der Waals surface area contributed by atoms with Gasteiger partial charge in [-0.25, -0.2) is 14.8 Å². The highest BCUT2D eigenvalue weighted by atomic mass is 32.2. The van der Waals surface area contributed by atoms with Crippen LogP contribution in [-0.4, -0.2) is 22.2 Å². The van der Waals surface area contributed by atoms with Gasteiger partial charge >= 0.3 is 5.97 Å². The molecule has 3 aromatic rings. The van der Waals surface area contributed by atoms with Gasteiger partial charge in [0.05, 0.1) is 5.56 Å². The standard InChI is InChI=1S/C18H16N2O3S/c1-12-15(20-16(23-12)13-7-4-3-5-8-13)11-22-18(21)14-9-6-10-19-17(14)24-2/h3-10H,11H2,1-2H3. The molecule has 3 rings (SSSR count). The predicted octanol–water partition coefficient (Wildman–Crippen LogP) is 4.12. The molecule has 24 heavy (non-hydrogen) atoms. The molecule has 0 bridgehead atoms. The quantitative estimate of drug-likeness (QED) is 0.514. The first-order valence-electron chi connectivity index (χ1n) is 7.37. The molecule has 5 nitrogen and oxygen atoms in total. The van der Waals surface area contributed by atoms with Crippen LogP contribution in [0.25, 0.3) is 11.5 Å². The Labute approximate surface area is 144 Å². The molecule has 0 saturated heterocycles. The van der Waals surface area contributed by atoms with Gasteiger partial charge in [0.25, 0.3) is 0 Å². The molecule has 0 saturated carbocycles. The fraction of sp³-hybridized carbons (Fsp3) is 0.167. The topological polar surface area (TPSA) is 65.2 Å². The molecule has 0 N–H and O–H groups in total. The van der Waals surface area contributed by atoms with Gasteiger partial charge in [-0.15, -0.1) is 11.8 Å². The molecular weight excluding hydrogens is 324 g/mol. The van der Waals surface area contributed by atoms with E-state index >= 15 is 0 Å². The highest BCUT2D eigenvalue weighted by Gasteiger charge is 2.16. The lowest BCUT2D eigenvalue weighted by atomic mass is 10.2. The predicted molar refractivity (Wildman–Crippen MR) is 91.8 cm³/mol. The van der Waals surface area contributed by atoms with Crippen LogP contribution in [0.4, 0.5) is 0 Å². The van der Waals surface area contributed by atoms with Crippen molar-refractivity contribution < 1.29 is 13.9 Å². The van der Waals surface area contributed by atoms with Crippen molar-refractivity contribution in [2.45, 2.75) is 18.6 Å². The SMILES string of the molecule is CSc1ncccc1C(=O)OCc1nc(-c2ccccc2)oc1C. The van der Waals surface area contributed by atoms with Gasteiger partial charge in [-0.3, -0.25) is 0 Å². The molecule has 2 aromatic heterocycles. The van der Waals surface area contributed by atoms with Crippen LogP contribution in [0.2, 0.25) is 0 Å². The molecule has 6 heteroatoms. The van der Waals surface area contributed by atoms with Crippen molar-refractivity contribution in [1.29, 1.82) is 0 Å². The Morgan fingerprint density at radius 2 is 2.00 bits per heavy atom. The number of thioether (sulfide) groups is 1. The fourth-order valence-corrected chi connectivity index (χ4v) is 2.72. The van der Waals surface area contributed by atoms with Gasteiger partial charge in [0, 0.05) is 11.8 Å². The zero-order chi connectivity index (χ0) is 16.9. The molecule has 0 spiro atoms. The number of esters is 1. The monoisotopic (exact) mass is 340 g/mol. The summed E-state index contributed by atoms with van der Waals surface area (Å²) in [5, 5.41) is 0.643. The number of hydrogen-bond donors (Lipinski definition) is 0. The minimum atomic E-state index is -0.420. The third-order valence-corrected chi connectivity index (χ3v) is 4.15. The molecule has 1 aromatic carbocycles. The molecule has 122 valence electrons. The number of benzene rings is 1. The number of pyridine rings is 1. The van der Waals surface area contributed by atoms with Crippen LogP contribution < -0.4 is 0 Å². The summed E-state index contributed by atoms with van der Waals surface area (Å²) >= 11 is 1.40. The van der Waals surface area contributed by atoms with Crippen LogP contribution >= 0.6 is 11.8 Å². The first-order chi connectivity index (χ1) is 11.7. The van der Waals surface area contributed by atoms with Crippen LogP contribution in [0.3, 0.4) is 0 Å². The first kappa shape index (κ1) is 16.3. The highest BCUT2D eigenvalue weighted by molar-refractivity contribution is 7.98. The second kappa shape index (κ2) is 7.31. The number of hydrogen-bond acceptors (Lipinski definition) is 6. The van der Waals surface area contributed by atoms with Crippen molar-refractivity contribution in [1.82, 2.24) is 9.97 Å². The van der Waals surface area contributed by atoms with E-state index in [9.17, 15) is 4.79 Å². The van der Waals surface area contributed by atoms with Gasteiger partial charge in [0.15, 0.2) is 0 Å². The molecule has 0 aliphatic carbocycles. The molecule has 0 unspecified atom stereocenters. The summed E-state index contributed by atoms with van der Waals surface area (Å²) in [6.07, 6.45) is 3.52. The zero-order valence-corrected chi connectivity index (χ0v) is 14.2. The third-order valence-electron chi connectivity index (χ3n) is 3.44. The van der Waals surface area contributed by atoms with Crippen LogP contribution in [0.15, 0.2) is 58.1 Å². The maximum Gasteiger partial charge on any atom is 0.341 e. The van der Waals surface area contributed by atoms with E-state index in [2.05, 4.69) is 9.97 Å². The Morgan fingerprint density at radius 3 is 2.75 bits per heavy atom. The molecule has 0 fully saturated rings. The molecule has 2 heterocycles. The van der Waals surface area contributed by atoms with Gasteiger partial charge in [0.2, 0.25) is 5.89 Å². The second-order valence-corrected chi connectivity index (χ2v) is 5.82. The Balaban J connectivity index is 1.73. The van der Waals surface area contributed by atoms with E-state index in [0.29, 0.717) is 27.9 Å². The van der Waals surface area contributed by atoms with Crippen molar-refractivity contribution in [3.63, 3.8) is 0 Å². The minimum Gasteiger partial charge on any atom is -0.455 e. The van der Waals surface area contributed by atoms with Gasteiger partial charge < -0.3 is 9.15 Å². The second-order valence-electron chi connectivity index (χ2n) is 5.02. The number of nitrogens with zero attached hydrogens (tertiary/aromatic N) is 2. The maximum atomic E-state index is 12.3. The van der Waals surface area contributed by atoms with Crippen molar-refractivity contribution in [2.24, 2.45) is 0 Å². The molecule has 0 amide bonds. The van der Waals surface area contributed by atoms with Gasteiger partial charge in [-0.05, 0) is 37.4 Å². The number of oxazole rings is 1. The molecule has 0 aliphatic heterocycles. The van der Waals surface area contributed by atoms with E-state index in [0.717, 1.165) is 5.56 Å². The van der Waals surface area contributed by atoms with Gasteiger partial charge in [0.1, 0.15) is 23.1 Å². The number of carbonyl (C=O) groups excluding carboxylic acids is 1. The van der Waals surface area contributed by atoms with Crippen LogP contribution in [0.1, 0.15) is 21.8 Å². The third kappa shape index (κ3) is 3.49. The number of rotatable bonds is 5. The smallest absolute Gasteiger partial charge is 0.341 e. The van der Waals surface area contributed by atoms with Crippen LogP contribution in [0.5, 0.6) is 0 Å². The molecular formula is C18H16N2O3S. The lowest BCUT2D eigenvalue weighted by Crippen LogP contribution is -2.08. The van der Waals surface area contributed by atoms with Crippen LogP contribution in [0, 0.1) is 6.92 Å². The number of carbonyl (C=O) groups is 1. The zero-order valence-electron chi connectivity index (χ0n) is 13.4. The first-order valence-corrected chi connectivity index (χ1v) is 8.59. The molecule has 0 atom stereocenters. The summed E-state index contributed by atoms with van der Waals surface area (Å²) in [5.74, 6) is 0.736. The van der Waals surface area contributed by atoms with Crippen molar-refractivity contribution in [3.8, 4) is 11.5 Å². The van der Waals surface area contributed by atoms with Crippen molar-refractivity contribution >= 4 is 17.7 Å². The summed E-state index contributed by atoms with van der Waals surface area (Å²) in [6, 6.07) is 13.0. The minimum absolute atomic E-state index is 0.0592. The fourth-order valence-electron chi connectivity index (χ4n) is 2.19. The lowest BCUT2D eigenvalue weighted by Gasteiger charge is -2.06. The van der Waals surface area contributed by atoms with E-state index in [1.807, 2.05) is 36.6 Å². The van der Waals surface area contributed by atoms with Gasteiger partial charge in [-0.1, -0.05) is 18.2 Å². The van der Waals surface area contributed by atoms with Crippen molar-refractivity contribution in [3.05, 3.63) is 65.7 Å². The van der Waals surface area contributed by atoms with E-state index < -0.39 is 5.97 Å². The summed E-state index contributed by atoms with van der Waals surface area (Å²) in [6.45, 7) is 1.86. The van der Waals surface area contributed by atoms with Crippen LogP contribution in [-0.2, 0) is 11.3 Å². The van der Waals surface area contributed by atoms with E-state index in [1.165, 1.54) is 11.8 Å².